The fourth-order valence-corrected chi connectivity index (χ4v) is 2.15. The van der Waals surface area contributed by atoms with Crippen LogP contribution in [-0.4, -0.2) is 26.1 Å². The number of piperidine rings is 1. The van der Waals surface area contributed by atoms with Crippen molar-refractivity contribution in [1.29, 1.82) is 0 Å². The summed E-state index contributed by atoms with van der Waals surface area (Å²) in [4.78, 5) is 0. The molecule has 1 atom stereocenters. The normalized spacial score (nSPS) is 20.5. The molecule has 1 saturated heterocycles. The first-order chi connectivity index (χ1) is 8.25. The highest BCUT2D eigenvalue weighted by Gasteiger charge is 2.15. The van der Waals surface area contributed by atoms with E-state index in [0.717, 1.165) is 25.9 Å². The number of halogens is 2. The van der Waals surface area contributed by atoms with E-state index in [0.29, 0.717) is 11.7 Å². The van der Waals surface area contributed by atoms with Gasteiger partial charge in [0.25, 0.3) is 6.43 Å². The summed E-state index contributed by atoms with van der Waals surface area (Å²) in [5.41, 5.74) is 1.17. The summed E-state index contributed by atoms with van der Waals surface area (Å²) in [7, 11) is 0. The Labute approximate surface area is 100.0 Å². The van der Waals surface area contributed by atoms with Gasteiger partial charge >= 0.3 is 0 Å². The van der Waals surface area contributed by atoms with Crippen LogP contribution < -0.4 is 10.1 Å². The molecule has 1 aliphatic heterocycles. The van der Waals surface area contributed by atoms with E-state index in [2.05, 4.69) is 5.32 Å². The van der Waals surface area contributed by atoms with Crippen molar-refractivity contribution < 1.29 is 13.5 Å². The molecule has 1 aromatic rings. The van der Waals surface area contributed by atoms with E-state index in [9.17, 15) is 8.78 Å². The van der Waals surface area contributed by atoms with Crippen LogP contribution in [0.4, 0.5) is 8.78 Å². The van der Waals surface area contributed by atoms with Gasteiger partial charge in [0.15, 0.2) is 0 Å². The van der Waals surface area contributed by atoms with Crippen LogP contribution in [0.2, 0.25) is 0 Å². The zero-order valence-electron chi connectivity index (χ0n) is 9.66. The minimum Gasteiger partial charge on any atom is -0.488 e. The lowest BCUT2D eigenvalue weighted by Gasteiger charge is -2.23. The molecule has 0 aliphatic carbocycles. The van der Waals surface area contributed by atoms with Crippen molar-refractivity contribution in [2.45, 2.75) is 25.2 Å². The molecule has 1 heterocycles. The second kappa shape index (κ2) is 5.96. The summed E-state index contributed by atoms with van der Waals surface area (Å²) >= 11 is 0. The van der Waals surface area contributed by atoms with Crippen LogP contribution in [0.5, 0.6) is 5.75 Å². The fraction of sp³-hybridized carbons (Fsp3) is 0.538. The molecule has 0 amide bonds. The zero-order chi connectivity index (χ0) is 12.1. The predicted molar refractivity (Wildman–Crippen MR) is 62.8 cm³/mol. The van der Waals surface area contributed by atoms with Crippen molar-refractivity contribution in [3.63, 3.8) is 0 Å². The Bertz CT molecular complexity index is 351. The molecule has 0 spiro atoms. The number of rotatable bonds is 4. The number of ether oxygens (including phenoxy) is 1. The van der Waals surface area contributed by atoms with Crippen molar-refractivity contribution in [3.8, 4) is 5.75 Å². The van der Waals surface area contributed by atoms with Crippen LogP contribution in [0.1, 0.15) is 24.3 Å². The van der Waals surface area contributed by atoms with Crippen molar-refractivity contribution >= 4 is 0 Å². The number of hydrogen-bond donors (Lipinski definition) is 1. The van der Waals surface area contributed by atoms with Crippen molar-refractivity contribution in [1.82, 2.24) is 5.32 Å². The van der Waals surface area contributed by atoms with Crippen molar-refractivity contribution in [3.05, 3.63) is 29.8 Å². The van der Waals surface area contributed by atoms with Gasteiger partial charge in [-0.2, -0.15) is 0 Å². The highest BCUT2D eigenvalue weighted by atomic mass is 19.3. The Kier molecular flexibility index (Phi) is 4.31. The zero-order valence-corrected chi connectivity index (χ0v) is 9.66. The van der Waals surface area contributed by atoms with Crippen molar-refractivity contribution in [2.24, 2.45) is 0 Å². The Balaban J connectivity index is 2.00. The maximum atomic E-state index is 12.0. The molecular weight excluding hydrogens is 224 g/mol. The second-order valence-electron chi connectivity index (χ2n) is 4.32. The van der Waals surface area contributed by atoms with Crippen LogP contribution in [0.3, 0.4) is 0 Å². The molecular formula is C13H17F2NO. The quantitative estimate of drug-likeness (QED) is 0.875. The third-order valence-electron chi connectivity index (χ3n) is 3.00. The van der Waals surface area contributed by atoms with Crippen LogP contribution in [-0.2, 0) is 0 Å². The molecule has 1 unspecified atom stereocenters. The lowest BCUT2D eigenvalue weighted by molar-refractivity contribution is 0.0818. The monoisotopic (exact) mass is 241 g/mol. The number of benzene rings is 1. The Hall–Kier alpha value is -1.16. The summed E-state index contributed by atoms with van der Waals surface area (Å²) < 4.78 is 29.1. The molecule has 2 nitrogen and oxygen atoms in total. The van der Waals surface area contributed by atoms with Crippen LogP contribution in [0.15, 0.2) is 24.3 Å². The summed E-state index contributed by atoms with van der Waals surface area (Å²) in [6, 6.07) is 7.50. The minimum absolute atomic E-state index is 0.471. The maximum absolute atomic E-state index is 12.0. The third kappa shape index (κ3) is 3.66. The van der Waals surface area contributed by atoms with Gasteiger partial charge in [0.05, 0.1) is 0 Å². The predicted octanol–water partition coefficient (Wildman–Crippen LogP) is 2.80. The van der Waals surface area contributed by atoms with Crippen LogP contribution in [0.25, 0.3) is 0 Å². The molecule has 2 rings (SSSR count). The van der Waals surface area contributed by atoms with Gasteiger partial charge in [-0.25, -0.2) is 8.78 Å². The largest absolute Gasteiger partial charge is 0.488 e. The Morgan fingerprint density at radius 3 is 3.00 bits per heavy atom. The molecule has 1 fully saturated rings. The highest BCUT2D eigenvalue weighted by molar-refractivity contribution is 5.31. The molecule has 4 heteroatoms. The van der Waals surface area contributed by atoms with Crippen LogP contribution in [0, 0.1) is 0 Å². The average molecular weight is 241 g/mol. The molecule has 0 radical (unpaired) electrons. The van der Waals surface area contributed by atoms with Gasteiger partial charge in [-0.1, -0.05) is 12.1 Å². The maximum Gasteiger partial charge on any atom is 0.272 e. The lowest BCUT2D eigenvalue weighted by atomic mass is 9.92. The van der Waals surface area contributed by atoms with Gasteiger partial charge in [0.1, 0.15) is 12.4 Å². The van der Waals surface area contributed by atoms with Crippen LogP contribution >= 0.6 is 0 Å². The fourth-order valence-electron chi connectivity index (χ4n) is 2.15. The first-order valence-electron chi connectivity index (χ1n) is 5.97. The van der Waals surface area contributed by atoms with Gasteiger partial charge in [-0.05, 0) is 43.0 Å². The average Bonchev–Trinajstić information content (AvgIpc) is 2.38. The summed E-state index contributed by atoms with van der Waals surface area (Å²) in [6.07, 6.45) is -0.118. The summed E-state index contributed by atoms with van der Waals surface area (Å²) in [5, 5.41) is 3.34. The first-order valence-corrected chi connectivity index (χ1v) is 5.97. The van der Waals surface area contributed by atoms with E-state index < -0.39 is 13.0 Å². The van der Waals surface area contributed by atoms with Gasteiger partial charge in [-0.15, -0.1) is 0 Å². The number of hydrogen-bond acceptors (Lipinski definition) is 2. The van der Waals surface area contributed by atoms with Gasteiger partial charge < -0.3 is 10.1 Å². The van der Waals surface area contributed by atoms with E-state index in [4.69, 9.17) is 4.74 Å². The molecule has 1 aromatic carbocycles. The van der Waals surface area contributed by atoms with E-state index in [-0.39, 0.29) is 0 Å². The topological polar surface area (TPSA) is 21.3 Å². The smallest absolute Gasteiger partial charge is 0.272 e. The number of alkyl halides is 2. The standard InChI is InChI=1S/C13H17F2NO/c14-13(15)9-17-12-5-1-3-10(7-12)11-4-2-6-16-8-11/h1,3,5,7,11,13,16H,2,4,6,8-9H2. The highest BCUT2D eigenvalue weighted by Crippen LogP contribution is 2.26. The molecule has 1 N–H and O–H groups in total. The Morgan fingerprint density at radius 2 is 2.29 bits per heavy atom. The van der Waals surface area contributed by atoms with Gasteiger partial charge in [0.2, 0.25) is 0 Å². The van der Waals surface area contributed by atoms with E-state index >= 15 is 0 Å². The SMILES string of the molecule is FC(F)COc1cccc(C2CCCNC2)c1. The minimum atomic E-state index is -2.42. The third-order valence-corrected chi connectivity index (χ3v) is 3.00. The molecule has 0 bridgehead atoms. The molecule has 0 aromatic heterocycles. The van der Waals surface area contributed by atoms with Crippen molar-refractivity contribution in [2.75, 3.05) is 19.7 Å². The Morgan fingerprint density at radius 1 is 1.41 bits per heavy atom. The van der Waals surface area contributed by atoms with Gasteiger partial charge in [0, 0.05) is 6.54 Å². The van der Waals surface area contributed by atoms with E-state index in [1.165, 1.54) is 5.56 Å². The van der Waals surface area contributed by atoms with E-state index in [1.54, 1.807) is 6.07 Å². The van der Waals surface area contributed by atoms with Gasteiger partial charge in [-0.3, -0.25) is 0 Å². The summed E-state index contributed by atoms with van der Waals surface area (Å²) in [5.74, 6) is 1.01. The second-order valence-corrected chi connectivity index (χ2v) is 4.32. The molecule has 1 aliphatic rings. The van der Waals surface area contributed by atoms with E-state index in [1.807, 2.05) is 18.2 Å². The molecule has 17 heavy (non-hydrogen) atoms. The lowest BCUT2D eigenvalue weighted by Crippen LogP contribution is -2.28. The molecule has 94 valence electrons. The number of nitrogens with one attached hydrogen (secondary N) is 1. The molecule has 0 saturated carbocycles. The first kappa shape index (κ1) is 12.3. The summed E-state index contributed by atoms with van der Waals surface area (Å²) in [6.45, 7) is 1.49.